The van der Waals surface area contributed by atoms with Gasteiger partial charge in [0.2, 0.25) is 5.78 Å². The van der Waals surface area contributed by atoms with Crippen LogP contribution in [0.4, 0.5) is 18.0 Å². The number of alkyl halides is 3. The van der Waals surface area contributed by atoms with Gasteiger partial charge in [-0.05, 0) is 12.1 Å². The van der Waals surface area contributed by atoms with Crippen molar-refractivity contribution in [3.63, 3.8) is 0 Å². The van der Waals surface area contributed by atoms with Gasteiger partial charge in [0.15, 0.2) is 0 Å². The highest BCUT2D eigenvalue weighted by Gasteiger charge is 2.35. The summed E-state index contributed by atoms with van der Waals surface area (Å²) in [7, 11) is 0. The summed E-state index contributed by atoms with van der Waals surface area (Å²) in [4.78, 5) is 24.8. The highest BCUT2D eigenvalue weighted by molar-refractivity contribution is 5.98. The number of amides is 1. The fraction of sp³-hybridized carbons (Fsp3) is 0.222. The fourth-order valence-corrected chi connectivity index (χ4v) is 1.10. The molecule has 0 radical (unpaired) electrons. The second-order valence-corrected chi connectivity index (χ2v) is 2.98. The molecule has 2 N–H and O–H groups in total. The van der Waals surface area contributed by atoms with Crippen molar-refractivity contribution in [2.75, 3.05) is 6.54 Å². The summed E-state index contributed by atoms with van der Waals surface area (Å²) in [6, 6.07) is 1.76. The molecular formula is C9H7F3N2O3. The normalized spacial score (nSPS) is 11.0. The minimum Gasteiger partial charge on any atom is -0.465 e. The second-order valence-electron chi connectivity index (χ2n) is 2.98. The van der Waals surface area contributed by atoms with E-state index in [0.717, 1.165) is 12.3 Å². The Morgan fingerprint density at radius 1 is 1.41 bits per heavy atom. The van der Waals surface area contributed by atoms with E-state index in [9.17, 15) is 22.8 Å². The highest BCUT2D eigenvalue weighted by atomic mass is 19.4. The maximum absolute atomic E-state index is 12.5. The molecule has 8 heteroatoms. The molecule has 0 aliphatic rings. The molecule has 1 rings (SSSR count). The van der Waals surface area contributed by atoms with E-state index in [-0.39, 0.29) is 0 Å². The summed E-state index contributed by atoms with van der Waals surface area (Å²) in [6.07, 6.45) is -5.17. The first-order valence-corrected chi connectivity index (χ1v) is 4.34. The molecule has 1 amide bonds. The van der Waals surface area contributed by atoms with Gasteiger partial charge in [-0.3, -0.25) is 9.78 Å². The van der Waals surface area contributed by atoms with Crippen LogP contribution in [0.5, 0.6) is 0 Å². The van der Waals surface area contributed by atoms with Gasteiger partial charge < -0.3 is 10.4 Å². The monoisotopic (exact) mass is 248 g/mol. The van der Waals surface area contributed by atoms with E-state index in [2.05, 4.69) is 4.98 Å². The molecule has 0 aromatic carbocycles. The molecule has 92 valence electrons. The molecule has 17 heavy (non-hydrogen) atoms. The van der Waals surface area contributed by atoms with E-state index >= 15 is 0 Å². The van der Waals surface area contributed by atoms with Gasteiger partial charge in [-0.1, -0.05) is 0 Å². The Bertz CT molecular complexity index is 445. The maximum atomic E-state index is 12.5. The van der Waals surface area contributed by atoms with Gasteiger partial charge in [0.25, 0.3) is 0 Å². The molecule has 0 bridgehead atoms. The molecule has 0 saturated carbocycles. The number of rotatable bonds is 3. The van der Waals surface area contributed by atoms with Crippen LogP contribution in [0, 0.1) is 0 Å². The van der Waals surface area contributed by atoms with Crippen molar-refractivity contribution in [2.45, 2.75) is 6.18 Å². The van der Waals surface area contributed by atoms with Crippen LogP contribution in [0.3, 0.4) is 0 Å². The Hall–Kier alpha value is -2.12. The SMILES string of the molecule is O=C(O)NCC(=O)c1ncccc1C(F)(F)F. The number of carbonyl (C=O) groups excluding carboxylic acids is 1. The zero-order chi connectivity index (χ0) is 13.1. The van der Waals surface area contributed by atoms with Gasteiger partial charge in [0, 0.05) is 6.20 Å². The standard InChI is InChI=1S/C9H7F3N2O3/c10-9(11,12)5-2-1-3-13-7(5)6(15)4-14-8(16)17/h1-3,14H,4H2,(H,16,17). The molecule has 0 aliphatic heterocycles. The number of ketones is 1. The van der Waals surface area contributed by atoms with Crippen molar-refractivity contribution in [2.24, 2.45) is 0 Å². The van der Waals surface area contributed by atoms with Gasteiger partial charge in [-0.25, -0.2) is 4.79 Å². The Labute approximate surface area is 93.3 Å². The van der Waals surface area contributed by atoms with Gasteiger partial charge in [-0.2, -0.15) is 13.2 Å². The van der Waals surface area contributed by atoms with Crippen molar-refractivity contribution in [3.8, 4) is 0 Å². The quantitative estimate of drug-likeness (QED) is 0.795. The largest absolute Gasteiger partial charge is 0.465 e. The first-order valence-electron chi connectivity index (χ1n) is 4.34. The van der Waals surface area contributed by atoms with Crippen LogP contribution in [-0.4, -0.2) is 28.5 Å². The molecule has 0 atom stereocenters. The Kier molecular flexibility index (Phi) is 3.66. The zero-order valence-electron chi connectivity index (χ0n) is 8.28. The lowest BCUT2D eigenvalue weighted by Gasteiger charge is -2.10. The van der Waals surface area contributed by atoms with E-state index < -0.39 is 35.9 Å². The number of aromatic nitrogens is 1. The Balaban J connectivity index is 2.98. The van der Waals surface area contributed by atoms with Crippen molar-refractivity contribution in [1.29, 1.82) is 0 Å². The maximum Gasteiger partial charge on any atom is 0.418 e. The number of carbonyl (C=O) groups is 2. The van der Waals surface area contributed by atoms with Crippen LogP contribution in [-0.2, 0) is 6.18 Å². The third-order valence-electron chi connectivity index (χ3n) is 1.78. The third kappa shape index (κ3) is 3.44. The van der Waals surface area contributed by atoms with Crippen LogP contribution in [0.25, 0.3) is 0 Å². The number of Topliss-reactive ketones (excluding diaryl/α,β-unsaturated/α-hetero) is 1. The average Bonchev–Trinajstić information content (AvgIpc) is 2.24. The number of nitrogens with zero attached hydrogens (tertiary/aromatic N) is 1. The van der Waals surface area contributed by atoms with Crippen molar-refractivity contribution < 1.29 is 27.9 Å². The summed E-state index contributed by atoms with van der Waals surface area (Å²) >= 11 is 0. The summed E-state index contributed by atoms with van der Waals surface area (Å²) in [5, 5.41) is 9.91. The molecule has 5 nitrogen and oxygen atoms in total. The van der Waals surface area contributed by atoms with Crippen molar-refractivity contribution in [3.05, 3.63) is 29.6 Å². The van der Waals surface area contributed by atoms with Crippen LogP contribution < -0.4 is 5.32 Å². The fourth-order valence-electron chi connectivity index (χ4n) is 1.10. The number of hydrogen-bond donors (Lipinski definition) is 2. The second kappa shape index (κ2) is 4.81. The topological polar surface area (TPSA) is 79.3 Å². The van der Waals surface area contributed by atoms with Crippen molar-refractivity contribution in [1.82, 2.24) is 10.3 Å². The number of pyridine rings is 1. The van der Waals surface area contributed by atoms with Crippen LogP contribution in [0.1, 0.15) is 16.1 Å². The summed E-state index contributed by atoms with van der Waals surface area (Å²) in [6.45, 7) is -0.755. The number of nitrogens with one attached hydrogen (secondary N) is 1. The Morgan fingerprint density at radius 3 is 2.59 bits per heavy atom. The molecule has 0 fully saturated rings. The minimum atomic E-state index is -4.71. The van der Waals surface area contributed by atoms with E-state index in [0.29, 0.717) is 6.07 Å². The lowest BCUT2D eigenvalue weighted by molar-refractivity contribution is -0.138. The molecule has 0 aliphatic carbocycles. The first kappa shape index (κ1) is 12.9. The van der Waals surface area contributed by atoms with Gasteiger partial charge in [0.05, 0.1) is 12.1 Å². The molecule has 0 spiro atoms. The highest BCUT2D eigenvalue weighted by Crippen LogP contribution is 2.30. The number of carboxylic acid groups (broad SMARTS) is 1. The van der Waals surface area contributed by atoms with E-state index in [4.69, 9.17) is 5.11 Å². The van der Waals surface area contributed by atoms with E-state index in [1.54, 1.807) is 5.32 Å². The minimum absolute atomic E-state index is 0.709. The van der Waals surface area contributed by atoms with Gasteiger partial charge in [-0.15, -0.1) is 0 Å². The first-order chi connectivity index (χ1) is 7.82. The van der Waals surface area contributed by atoms with Crippen molar-refractivity contribution >= 4 is 11.9 Å². The molecule has 0 saturated heterocycles. The smallest absolute Gasteiger partial charge is 0.418 e. The van der Waals surface area contributed by atoms with Gasteiger partial charge >= 0.3 is 12.3 Å². The lowest BCUT2D eigenvalue weighted by atomic mass is 10.1. The van der Waals surface area contributed by atoms with Crippen LogP contribution in [0.15, 0.2) is 18.3 Å². The molecule has 1 heterocycles. The van der Waals surface area contributed by atoms with Crippen LogP contribution in [0.2, 0.25) is 0 Å². The van der Waals surface area contributed by atoms with E-state index in [1.807, 2.05) is 0 Å². The van der Waals surface area contributed by atoms with Crippen LogP contribution >= 0.6 is 0 Å². The summed E-state index contributed by atoms with van der Waals surface area (Å²) in [5.41, 5.74) is -1.98. The summed E-state index contributed by atoms with van der Waals surface area (Å²) in [5.74, 6) is -1.04. The third-order valence-corrected chi connectivity index (χ3v) is 1.78. The molecular weight excluding hydrogens is 241 g/mol. The summed E-state index contributed by atoms with van der Waals surface area (Å²) < 4.78 is 37.4. The molecule has 1 aromatic rings. The Morgan fingerprint density at radius 2 is 2.06 bits per heavy atom. The predicted molar refractivity (Wildman–Crippen MR) is 49.6 cm³/mol. The number of halogens is 3. The molecule has 1 aromatic heterocycles. The number of hydrogen-bond acceptors (Lipinski definition) is 3. The lowest BCUT2D eigenvalue weighted by Crippen LogP contribution is -2.29. The average molecular weight is 248 g/mol. The van der Waals surface area contributed by atoms with E-state index in [1.165, 1.54) is 0 Å². The molecule has 0 unspecified atom stereocenters. The zero-order valence-corrected chi connectivity index (χ0v) is 8.28. The van der Waals surface area contributed by atoms with Gasteiger partial charge in [0.1, 0.15) is 5.69 Å². The predicted octanol–water partition coefficient (Wildman–Crippen LogP) is 1.55.